The van der Waals surface area contributed by atoms with E-state index in [4.69, 9.17) is 59.2 Å². The van der Waals surface area contributed by atoms with Gasteiger partial charge in [-0.3, -0.25) is 0 Å². The molecule has 14 heavy (non-hydrogen) atoms. The molecule has 1 radical (unpaired) electrons. The van der Waals surface area contributed by atoms with Gasteiger partial charge in [0.2, 0.25) is 0 Å². The van der Waals surface area contributed by atoms with E-state index in [-0.39, 0.29) is 171 Å². The molecule has 0 atom stereocenters. The molecule has 0 bridgehead atoms. The summed E-state index contributed by atoms with van der Waals surface area (Å²) >= 11 is 0. The van der Waals surface area contributed by atoms with Crippen molar-refractivity contribution >= 4 is 0 Å². The van der Waals surface area contributed by atoms with Crippen LogP contribution >= 0.6 is 0 Å². The van der Waals surface area contributed by atoms with Crippen LogP contribution in [0.1, 0.15) is 0 Å². The Morgan fingerprint density at radius 3 is 0.357 bits per heavy atom. The third kappa shape index (κ3) is 348. The first kappa shape index (κ1) is 68.6. The van der Waals surface area contributed by atoms with Crippen LogP contribution in [-0.4, -0.2) is 0 Å². The second kappa shape index (κ2) is 427. The summed E-state index contributed by atoms with van der Waals surface area (Å²) in [4.78, 5) is 0. The van der Waals surface area contributed by atoms with Crippen molar-refractivity contribution in [2.75, 3.05) is 0 Å². The van der Waals surface area contributed by atoms with Gasteiger partial charge in [0.05, 0.1) is 0 Å². The number of hydrogen-bond acceptors (Lipinski definition) is 5. The molecule has 0 aliphatic rings. The minimum atomic E-state index is 0. The fourth-order valence-corrected chi connectivity index (χ4v) is 0. The topological polar surface area (TPSA) is 119 Å². The van der Waals surface area contributed by atoms with E-state index in [1.165, 1.54) is 0 Å². The maximum atomic E-state index is 6.25. The molecule has 0 heterocycles. The van der Waals surface area contributed by atoms with E-state index in [9.17, 15) is 0 Å². The van der Waals surface area contributed by atoms with E-state index in [1.807, 2.05) is 0 Å². The summed E-state index contributed by atoms with van der Waals surface area (Å²) in [6, 6.07) is 0. The molecule has 0 aromatic rings. The van der Waals surface area contributed by atoms with Gasteiger partial charge in [0.1, 0.15) is 0 Å². The second-order valence-corrected chi connectivity index (χ2v) is 0. The molecule has 0 N–H and O–H groups in total. The SMILES string of the molecule is [C-]#N.[C-]#N.[C-]#N.[C-]#N.[C-]#N.[Co+2].[K+].[K+].[K+]. The third-order valence-electron chi connectivity index (χ3n) is 0. The molecule has 0 rings (SSSR count). The first-order valence-electron chi connectivity index (χ1n) is 1.12. The van der Waals surface area contributed by atoms with Crippen molar-refractivity contribution in [3.63, 3.8) is 0 Å². The minimum absolute atomic E-state index is 0. The Bertz CT molecular complexity index is 83.9. The Labute approximate surface area is 223 Å². The zero-order chi connectivity index (χ0) is 10.0. The molecule has 0 aliphatic carbocycles. The van der Waals surface area contributed by atoms with Crippen LogP contribution in [0.2, 0.25) is 0 Å². The van der Waals surface area contributed by atoms with Crippen molar-refractivity contribution in [1.82, 2.24) is 0 Å². The Morgan fingerprint density at radius 2 is 0.357 bits per heavy atom. The summed E-state index contributed by atoms with van der Waals surface area (Å²) in [7, 11) is 0. The van der Waals surface area contributed by atoms with E-state index in [1.54, 1.807) is 0 Å². The van der Waals surface area contributed by atoms with Crippen LogP contribution in [0.5, 0.6) is 0 Å². The summed E-state index contributed by atoms with van der Waals surface area (Å²) in [5.74, 6) is 0. The van der Waals surface area contributed by atoms with Crippen LogP contribution in [0.4, 0.5) is 0 Å². The fraction of sp³-hybridized carbons (Fsp3) is 0. The Kier molecular flexibility index (Phi) is 2090. The van der Waals surface area contributed by atoms with Gasteiger partial charge in [-0.1, -0.05) is 0 Å². The van der Waals surface area contributed by atoms with E-state index in [0.29, 0.717) is 0 Å². The normalized spacial score (nSPS) is 0.714. The summed E-state index contributed by atoms with van der Waals surface area (Å²) in [5, 5.41) is 31.2. The van der Waals surface area contributed by atoms with Crippen LogP contribution in [0.25, 0.3) is 0 Å². The summed E-state index contributed by atoms with van der Waals surface area (Å²) in [5.41, 5.74) is 0. The molecule has 9 heteroatoms. The number of rotatable bonds is 0. The quantitative estimate of drug-likeness (QED) is 0.325. The van der Waals surface area contributed by atoms with Crippen LogP contribution in [0.3, 0.4) is 0 Å². The van der Waals surface area contributed by atoms with Gasteiger partial charge in [-0.15, -0.1) is 0 Å². The van der Waals surface area contributed by atoms with Crippen molar-refractivity contribution < 1.29 is 171 Å². The maximum absolute atomic E-state index is 6.25. The van der Waals surface area contributed by atoms with Crippen LogP contribution in [0, 0.1) is 59.2 Å². The van der Waals surface area contributed by atoms with Gasteiger partial charge < -0.3 is 59.2 Å². The summed E-state index contributed by atoms with van der Waals surface area (Å²) < 4.78 is 0. The first-order valence-corrected chi connectivity index (χ1v) is 1.12. The predicted molar refractivity (Wildman–Crippen MR) is 24.8 cm³/mol. The van der Waals surface area contributed by atoms with Crippen LogP contribution in [0.15, 0.2) is 0 Å². The van der Waals surface area contributed by atoms with Gasteiger partial charge in [0.15, 0.2) is 0 Å². The average Bonchev–Trinajstić information content (AvgIpc) is 2.20. The van der Waals surface area contributed by atoms with Gasteiger partial charge in [-0.05, 0) is 0 Å². The van der Waals surface area contributed by atoms with E-state index in [0.717, 1.165) is 0 Å². The third-order valence-corrected chi connectivity index (χ3v) is 0. The smallest absolute Gasteiger partial charge is 0.512 e. The molecule has 0 saturated carbocycles. The predicted octanol–water partition coefficient (Wildman–Crippen LogP) is -8.51. The van der Waals surface area contributed by atoms with Crippen molar-refractivity contribution in [2.24, 2.45) is 0 Å². The molecule has 0 saturated heterocycles. The molecule has 0 amide bonds. The Balaban J connectivity index is -0.00000000298. The Hall–Kier alpha value is 2.87. The van der Waals surface area contributed by atoms with Crippen molar-refractivity contribution in [3.05, 3.63) is 32.9 Å². The standard InChI is InChI=1S/5CN.Co.3K/c5*1-2;;;;/q5*-1;+2;3*+1. The van der Waals surface area contributed by atoms with Crippen LogP contribution < -0.4 is 154 Å². The molecule has 0 aromatic carbocycles. The summed E-state index contributed by atoms with van der Waals surface area (Å²) in [6.45, 7) is 23.8. The second-order valence-electron chi connectivity index (χ2n) is 0. The monoisotopic (exact) mass is 306 g/mol. The fourth-order valence-electron chi connectivity index (χ4n) is 0. The average molecular weight is 306 g/mol. The zero-order valence-corrected chi connectivity index (χ0v) is 18.5. The molecule has 5 nitrogen and oxygen atoms in total. The molecule has 0 aliphatic heterocycles. The number of hydrogen-bond donors (Lipinski definition) is 0. The van der Waals surface area contributed by atoms with Crippen molar-refractivity contribution in [3.8, 4) is 0 Å². The Morgan fingerprint density at radius 1 is 0.357 bits per heavy atom. The minimum Gasteiger partial charge on any atom is -0.512 e. The van der Waals surface area contributed by atoms with Crippen molar-refractivity contribution in [1.29, 1.82) is 26.3 Å². The summed E-state index contributed by atoms with van der Waals surface area (Å²) in [6.07, 6.45) is 0. The number of nitrogens with zero attached hydrogens (tertiary/aromatic N) is 5. The van der Waals surface area contributed by atoms with Gasteiger partial charge in [-0.2, -0.15) is 0 Å². The zero-order valence-electron chi connectivity index (χ0n) is 8.07. The van der Waals surface area contributed by atoms with Gasteiger partial charge >= 0.3 is 171 Å². The van der Waals surface area contributed by atoms with Gasteiger partial charge in [0, 0.05) is 0 Å². The molecular weight excluding hydrogens is 306 g/mol. The van der Waals surface area contributed by atoms with Gasteiger partial charge in [-0.25, -0.2) is 0 Å². The van der Waals surface area contributed by atoms with E-state index in [2.05, 4.69) is 0 Å². The molecule has 57 valence electrons. The van der Waals surface area contributed by atoms with E-state index < -0.39 is 0 Å². The van der Waals surface area contributed by atoms with Crippen LogP contribution in [-0.2, 0) is 16.8 Å². The molecule has 0 aromatic heterocycles. The van der Waals surface area contributed by atoms with Crippen molar-refractivity contribution in [2.45, 2.75) is 0 Å². The first-order chi connectivity index (χ1) is 5.00. The largest absolute Gasteiger partial charge is 2.00 e. The molecule has 0 unspecified atom stereocenters. The van der Waals surface area contributed by atoms with Gasteiger partial charge in [0.25, 0.3) is 0 Å². The van der Waals surface area contributed by atoms with E-state index >= 15 is 0 Å². The molecule has 0 spiro atoms. The molecule has 0 fully saturated rings. The maximum Gasteiger partial charge on any atom is 2.00 e. The molecular formula is C5CoK3N5.